The van der Waals surface area contributed by atoms with Crippen LogP contribution in [0.1, 0.15) is 11.1 Å². The van der Waals surface area contributed by atoms with Gasteiger partial charge in [-0.15, -0.1) is 0 Å². The second kappa shape index (κ2) is 4.52. The number of carboxylic acids is 1. The van der Waals surface area contributed by atoms with E-state index in [-0.39, 0.29) is 5.56 Å². The first-order valence-corrected chi connectivity index (χ1v) is 4.33. The van der Waals surface area contributed by atoms with Gasteiger partial charge in [-0.05, 0) is 17.7 Å². The molecule has 0 saturated carbocycles. The number of benzene rings is 1. The van der Waals surface area contributed by atoms with Crippen LogP contribution in [-0.4, -0.2) is 16.9 Å². The first-order valence-electron chi connectivity index (χ1n) is 4.33. The zero-order valence-corrected chi connectivity index (χ0v) is 8.21. The van der Waals surface area contributed by atoms with Crippen molar-refractivity contribution in [2.24, 2.45) is 0 Å². The summed E-state index contributed by atoms with van der Waals surface area (Å²) in [6.07, 6.45) is -5.59. The Balaban J connectivity index is 3.05. The van der Waals surface area contributed by atoms with Gasteiger partial charge in [-0.1, -0.05) is 6.07 Å². The van der Waals surface area contributed by atoms with Crippen LogP contribution in [0.3, 0.4) is 0 Å². The van der Waals surface area contributed by atoms with Gasteiger partial charge in [0.05, 0.1) is 5.56 Å². The van der Waals surface area contributed by atoms with E-state index in [2.05, 4.69) is 0 Å². The molecule has 7 heteroatoms. The van der Waals surface area contributed by atoms with Crippen LogP contribution in [-0.2, 0) is 22.2 Å². The number of hydrogen-bond donors (Lipinski definition) is 1. The van der Waals surface area contributed by atoms with Crippen LogP contribution >= 0.6 is 0 Å². The van der Waals surface area contributed by atoms with Crippen LogP contribution in [0, 0.1) is 5.82 Å². The van der Waals surface area contributed by atoms with Crippen molar-refractivity contribution in [1.82, 2.24) is 0 Å². The molecule has 1 aromatic rings. The largest absolute Gasteiger partial charge is 0.475 e. The third kappa shape index (κ3) is 3.27. The Labute approximate surface area is 92.7 Å². The second-order valence-corrected chi connectivity index (χ2v) is 3.22. The topological polar surface area (TPSA) is 54.4 Å². The fraction of sp³-hybridized carbons (Fsp3) is 0.200. The van der Waals surface area contributed by atoms with Crippen LogP contribution in [0.25, 0.3) is 0 Å². The number of alkyl halides is 3. The van der Waals surface area contributed by atoms with Crippen LogP contribution < -0.4 is 0 Å². The monoisotopic (exact) mass is 250 g/mol. The maximum absolute atomic E-state index is 12.8. The molecule has 17 heavy (non-hydrogen) atoms. The predicted octanol–water partition coefficient (Wildman–Crippen LogP) is 2.04. The Bertz CT molecular complexity index is 465. The lowest BCUT2D eigenvalue weighted by Crippen LogP contribution is -2.16. The highest BCUT2D eigenvalue weighted by atomic mass is 19.4. The SMILES string of the molecule is O=C(O)C(=O)Cc1ccc(F)c(C(F)(F)F)c1. The van der Waals surface area contributed by atoms with Crippen molar-refractivity contribution in [3.8, 4) is 0 Å². The normalized spacial score (nSPS) is 11.3. The lowest BCUT2D eigenvalue weighted by Gasteiger charge is -2.09. The summed E-state index contributed by atoms with van der Waals surface area (Å²) < 4.78 is 49.7. The molecule has 0 aliphatic heterocycles. The standard InChI is InChI=1S/C10H6F4O3/c11-7-2-1-5(4-8(15)9(16)17)3-6(7)10(12,13)14/h1-3H,4H2,(H,16,17). The quantitative estimate of drug-likeness (QED) is 0.659. The van der Waals surface area contributed by atoms with Gasteiger partial charge in [0.2, 0.25) is 5.78 Å². The number of rotatable bonds is 3. The smallest absolute Gasteiger partial charge is 0.419 e. The summed E-state index contributed by atoms with van der Waals surface area (Å²) in [5.41, 5.74) is -1.72. The molecule has 1 aromatic carbocycles. The van der Waals surface area contributed by atoms with E-state index in [1.54, 1.807) is 0 Å². The molecule has 0 saturated heterocycles. The Morgan fingerprint density at radius 2 is 1.82 bits per heavy atom. The lowest BCUT2D eigenvalue weighted by molar-refractivity contribution is -0.148. The zero-order valence-electron chi connectivity index (χ0n) is 8.21. The van der Waals surface area contributed by atoms with Crippen LogP contribution in [0.5, 0.6) is 0 Å². The van der Waals surface area contributed by atoms with Crippen molar-refractivity contribution in [3.63, 3.8) is 0 Å². The Morgan fingerprint density at radius 3 is 2.29 bits per heavy atom. The number of halogens is 4. The second-order valence-electron chi connectivity index (χ2n) is 3.22. The third-order valence-electron chi connectivity index (χ3n) is 1.94. The van der Waals surface area contributed by atoms with Gasteiger partial charge in [0.25, 0.3) is 0 Å². The van der Waals surface area contributed by atoms with E-state index in [4.69, 9.17) is 5.11 Å². The third-order valence-corrected chi connectivity index (χ3v) is 1.94. The van der Waals surface area contributed by atoms with Crippen molar-refractivity contribution in [3.05, 3.63) is 35.1 Å². The molecule has 0 amide bonds. The van der Waals surface area contributed by atoms with Gasteiger partial charge >= 0.3 is 12.1 Å². The molecule has 0 atom stereocenters. The summed E-state index contributed by atoms with van der Waals surface area (Å²) in [4.78, 5) is 21.0. The number of carbonyl (C=O) groups excluding carboxylic acids is 1. The Kier molecular flexibility index (Phi) is 3.50. The minimum absolute atomic E-state index is 0.203. The number of carboxylic acid groups (broad SMARTS) is 1. The summed E-state index contributed by atoms with van der Waals surface area (Å²) in [6, 6.07) is 1.91. The van der Waals surface area contributed by atoms with Gasteiger partial charge < -0.3 is 5.11 Å². The van der Waals surface area contributed by atoms with E-state index in [1.807, 2.05) is 0 Å². The molecule has 0 radical (unpaired) electrons. The summed E-state index contributed by atoms with van der Waals surface area (Å²) in [7, 11) is 0. The zero-order chi connectivity index (χ0) is 13.2. The highest BCUT2D eigenvalue weighted by Gasteiger charge is 2.34. The van der Waals surface area contributed by atoms with E-state index >= 15 is 0 Å². The Hall–Kier alpha value is -1.92. The number of carbonyl (C=O) groups is 2. The maximum Gasteiger partial charge on any atom is 0.419 e. The van der Waals surface area contributed by atoms with Crippen molar-refractivity contribution < 1.29 is 32.3 Å². The van der Waals surface area contributed by atoms with Gasteiger partial charge in [0.15, 0.2) is 0 Å². The summed E-state index contributed by atoms with van der Waals surface area (Å²) in [6.45, 7) is 0. The van der Waals surface area contributed by atoms with E-state index in [9.17, 15) is 27.2 Å². The summed E-state index contributed by atoms with van der Waals surface area (Å²) in [5.74, 6) is -4.48. The van der Waals surface area contributed by atoms with Crippen LogP contribution in [0.2, 0.25) is 0 Å². The minimum Gasteiger partial charge on any atom is -0.475 e. The molecule has 0 aromatic heterocycles. The molecule has 1 rings (SSSR count). The molecule has 0 aliphatic carbocycles. The van der Waals surface area contributed by atoms with Crippen molar-refractivity contribution in [2.45, 2.75) is 12.6 Å². The van der Waals surface area contributed by atoms with Crippen LogP contribution in [0.15, 0.2) is 18.2 Å². The van der Waals surface area contributed by atoms with Crippen molar-refractivity contribution in [2.75, 3.05) is 0 Å². The molecule has 0 unspecified atom stereocenters. The molecule has 0 heterocycles. The molecule has 0 fully saturated rings. The fourth-order valence-electron chi connectivity index (χ4n) is 1.16. The van der Waals surface area contributed by atoms with E-state index in [0.29, 0.717) is 12.1 Å². The molecular weight excluding hydrogens is 244 g/mol. The first kappa shape index (κ1) is 13.1. The molecule has 0 spiro atoms. The van der Waals surface area contributed by atoms with Gasteiger partial charge in [0, 0.05) is 6.42 Å². The molecule has 1 N–H and O–H groups in total. The summed E-state index contributed by atoms with van der Waals surface area (Å²) >= 11 is 0. The first-order chi connectivity index (χ1) is 7.71. The minimum atomic E-state index is -4.88. The maximum atomic E-state index is 12.8. The number of aliphatic carboxylic acids is 1. The predicted molar refractivity (Wildman–Crippen MR) is 47.7 cm³/mol. The molecule has 0 bridgehead atoms. The average Bonchev–Trinajstić information content (AvgIpc) is 2.19. The van der Waals surface area contributed by atoms with Gasteiger partial charge in [-0.3, -0.25) is 4.79 Å². The number of Topliss-reactive ketones (excluding diaryl/α,β-unsaturated/α-hetero) is 1. The average molecular weight is 250 g/mol. The molecule has 92 valence electrons. The number of ketones is 1. The number of hydrogen-bond acceptors (Lipinski definition) is 2. The summed E-state index contributed by atoms with van der Waals surface area (Å²) in [5, 5.41) is 8.28. The highest BCUT2D eigenvalue weighted by Crippen LogP contribution is 2.31. The van der Waals surface area contributed by atoms with Crippen molar-refractivity contribution in [1.29, 1.82) is 0 Å². The van der Waals surface area contributed by atoms with Crippen molar-refractivity contribution >= 4 is 11.8 Å². The lowest BCUT2D eigenvalue weighted by atomic mass is 10.1. The Morgan fingerprint density at radius 1 is 1.24 bits per heavy atom. The molecular formula is C10H6F4O3. The molecule has 3 nitrogen and oxygen atoms in total. The molecule has 0 aliphatic rings. The van der Waals surface area contributed by atoms with E-state index < -0.39 is 35.7 Å². The highest BCUT2D eigenvalue weighted by molar-refractivity contribution is 6.33. The van der Waals surface area contributed by atoms with Gasteiger partial charge in [0.1, 0.15) is 5.82 Å². The van der Waals surface area contributed by atoms with E-state index in [0.717, 1.165) is 6.07 Å². The van der Waals surface area contributed by atoms with E-state index in [1.165, 1.54) is 0 Å². The van der Waals surface area contributed by atoms with Crippen LogP contribution in [0.4, 0.5) is 17.6 Å². The fourth-order valence-corrected chi connectivity index (χ4v) is 1.16. The van der Waals surface area contributed by atoms with Gasteiger partial charge in [-0.2, -0.15) is 13.2 Å². The van der Waals surface area contributed by atoms with Gasteiger partial charge in [-0.25, -0.2) is 9.18 Å².